The second kappa shape index (κ2) is 6.58. The van der Waals surface area contributed by atoms with E-state index in [2.05, 4.69) is 43.4 Å². The van der Waals surface area contributed by atoms with Crippen molar-refractivity contribution in [2.45, 2.75) is 39.7 Å². The van der Waals surface area contributed by atoms with Crippen LogP contribution in [-0.2, 0) is 0 Å². The highest BCUT2D eigenvalue weighted by molar-refractivity contribution is 4.78. The second-order valence-electron chi connectivity index (χ2n) is 5.82. The molecular weight excluding hydrogens is 198 g/mol. The van der Waals surface area contributed by atoms with E-state index in [0.29, 0.717) is 11.5 Å². The van der Waals surface area contributed by atoms with Crippen LogP contribution in [0.5, 0.6) is 0 Å². The monoisotopic (exact) mass is 227 g/mol. The topological polar surface area (TPSA) is 27.3 Å². The molecule has 1 aliphatic heterocycles. The fourth-order valence-electron chi connectivity index (χ4n) is 2.01. The summed E-state index contributed by atoms with van der Waals surface area (Å²) < 4.78 is 0. The van der Waals surface area contributed by atoms with Crippen LogP contribution < -0.4 is 10.6 Å². The fourth-order valence-corrected chi connectivity index (χ4v) is 2.01. The summed E-state index contributed by atoms with van der Waals surface area (Å²) >= 11 is 0. The Kier molecular flexibility index (Phi) is 5.73. The van der Waals surface area contributed by atoms with Gasteiger partial charge in [0.1, 0.15) is 0 Å². The summed E-state index contributed by atoms with van der Waals surface area (Å²) in [4.78, 5) is 2.48. The van der Waals surface area contributed by atoms with Gasteiger partial charge in [0, 0.05) is 32.2 Å². The molecule has 0 spiro atoms. The SMILES string of the molecule is CCC(C)(C)CNCCC1CNCCN1C. The molecule has 0 aromatic rings. The maximum atomic E-state index is 3.59. The molecule has 0 aliphatic carbocycles. The zero-order valence-electron chi connectivity index (χ0n) is 11.5. The van der Waals surface area contributed by atoms with Crippen LogP contribution in [0.15, 0.2) is 0 Å². The lowest BCUT2D eigenvalue weighted by Crippen LogP contribution is -2.50. The highest BCUT2D eigenvalue weighted by Crippen LogP contribution is 2.17. The number of likely N-dealkylation sites (N-methyl/N-ethyl adjacent to an activating group) is 1. The van der Waals surface area contributed by atoms with Gasteiger partial charge in [-0.15, -0.1) is 0 Å². The van der Waals surface area contributed by atoms with E-state index in [9.17, 15) is 0 Å². The average Bonchev–Trinajstić information content (AvgIpc) is 2.27. The molecule has 1 rings (SSSR count). The maximum absolute atomic E-state index is 3.59. The van der Waals surface area contributed by atoms with Crippen LogP contribution in [0.2, 0.25) is 0 Å². The number of nitrogens with zero attached hydrogens (tertiary/aromatic N) is 1. The third kappa shape index (κ3) is 4.81. The van der Waals surface area contributed by atoms with E-state index in [1.54, 1.807) is 0 Å². The third-order valence-corrected chi connectivity index (χ3v) is 3.86. The first-order valence-corrected chi connectivity index (χ1v) is 6.67. The zero-order chi connectivity index (χ0) is 12.0. The van der Waals surface area contributed by atoms with Crippen molar-refractivity contribution in [3.63, 3.8) is 0 Å². The van der Waals surface area contributed by atoms with Crippen LogP contribution in [0, 0.1) is 5.41 Å². The molecule has 1 unspecified atom stereocenters. The van der Waals surface area contributed by atoms with Gasteiger partial charge < -0.3 is 15.5 Å². The van der Waals surface area contributed by atoms with Crippen LogP contribution in [0.25, 0.3) is 0 Å². The number of nitrogens with one attached hydrogen (secondary N) is 2. The third-order valence-electron chi connectivity index (χ3n) is 3.86. The van der Waals surface area contributed by atoms with Gasteiger partial charge >= 0.3 is 0 Å². The number of hydrogen-bond donors (Lipinski definition) is 2. The van der Waals surface area contributed by atoms with Gasteiger partial charge in [-0.3, -0.25) is 0 Å². The van der Waals surface area contributed by atoms with Crippen LogP contribution in [-0.4, -0.2) is 50.7 Å². The lowest BCUT2D eigenvalue weighted by molar-refractivity contribution is 0.187. The first kappa shape index (κ1) is 13.9. The molecule has 1 fully saturated rings. The predicted molar refractivity (Wildman–Crippen MR) is 70.8 cm³/mol. The first-order chi connectivity index (χ1) is 7.55. The summed E-state index contributed by atoms with van der Waals surface area (Å²) in [6.07, 6.45) is 2.49. The van der Waals surface area contributed by atoms with Crippen molar-refractivity contribution >= 4 is 0 Å². The van der Waals surface area contributed by atoms with Crippen molar-refractivity contribution in [2.24, 2.45) is 5.41 Å². The normalized spacial score (nSPS) is 23.6. The Morgan fingerprint density at radius 1 is 1.44 bits per heavy atom. The van der Waals surface area contributed by atoms with Gasteiger partial charge in [0.15, 0.2) is 0 Å². The largest absolute Gasteiger partial charge is 0.316 e. The van der Waals surface area contributed by atoms with E-state index in [4.69, 9.17) is 0 Å². The molecule has 96 valence electrons. The maximum Gasteiger partial charge on any atom is 0.0230 e. The molecule has 16 heavy (non-hydrogen) atoms. The number of piperazine rings is 1. The highest BCUT2D eigenvalue weighted by Gasteiger charge is 2.18. The van der Waals surface area contributed by atoms with E-state index in [-0.39, 0.29) is 0 Å². The van der Waals surface area contributed by atoms with Gasteiger partial charge in [0.05, 0.1) is 0 Å². The van der Waals surface area contributed by atoms with Crippen LogP contribution in [0.1, 0.15) is 33.6 Å². The molecule has 0 amide bonds. The van der Waals surface area contributed by atoms with Gasteiger partial charge in [0.2, 0.25) is 0 Å². The Balaban J connectivity index is 2.10. The van der Waals surface area contributed by atoms with E-state index in [0.717, 1.165) is 26.2 Å². The van der Waals surface area contributed by atoms with Gasteiger partial charge in [-0.05, 0) is 31.8 Å². The van der Waals surface area contributed by atoms with Crippen molar-refractivity contribution in [1.29, 1.82) is 0 Å². The zero-order valence-corrected chi connectivity index (χ0v) is 11.5. The van der Waals surface area contributed by atoms with Crippen molar-refractivity contribution in [1.82, 2.24) is 15.5 Å². The molecule has 0 saturated carbocycles. The molecule has 1 atom stereocenters. The molecule has 1 saturated heterocycles. The minimum Gasteiger partial charge on any atom is -0.316 e. The van der Waals surface area contributed by atoms with Gasteiger partial charge in [-0.1, -0.05) is 20.8 Å². The molecule has 0 bridgehead atoms. The fraction of sp³-hybridized carbons (Fsp3) is 1.00. The molecular formula is C13H29N3. The summed E-state index contributed by atoms with van der Waals surface area (Å²) in [6.45, 7) is 12.7. The van der Waals surface area contributed by atoms with Gasteiger partial charge in [-0.2, -0.15) is 0 Å². The summed E-state index contributed by atoms with van der Waals surface area (Å²) in [5.74, 6) is 0. The Morgan fingerprint density at radius 3 is 2.81 bits per heavy atom. The minimum atomic E-state index is 0.441. The summed E-state index contributed by atoms with van der Waals surface area (Å²) in [6, 6.07) is 0.714. The molecule has 1 heterocycles. The van der Waals surface area contributed by atoms with Crippen molar-refractivity contribution in [2.75, 3.05) is 39.8 Å². The van der Waals surface area contributed by atoms with Crippen molar-refractivity contribution in [3.8, 4) is 0 Å². The Morgan fingerprint density at radius 2 is 2.19 bits per heavy atom. The summed E-state index contributed by atoms with van der Waals surface area (Å²) in [5.41, 5.74) is 0.441. The number of hydrogen-bond acceptors (Lipinski definition) is 3. The first-order valence-electron chi connectivity index (χ1n) is 6.67. The Hall–Kier alpha value is -0.120. The quantitative estimate of drug-likeness (QED) is 0.670. The molecule has 0 radical (unpaired) electrons. The summed E-state index contributed by atoms with van der Waals surface area (Å²) in [7, 11) is 2.24. The average molecular weight is 227 g/mol. The van der Waals surface area contributed by atoms with Crippen LogP contribution >= 0.6 is 0 Å². The van der Waals surface area contributed by atoms with Gasteiger partial charge in [-0.25, -0.2) is 0 Å². The van der Waals surface area contributed by atoms with Crippen LogP contribution in [0.4, 0.5) is 0 Å². The molecule has 3 nitrogen and oxygen atoms in total. The van der Waals surface area contributed by atoms with Crippen LogP contribution in [0.3, 0.4) is 0 Å². The molecule has 1 aliphatic rings. The number of rotatable bonds is 6. The molecule has 0 aromatic heterocycles. The lowest BCUT2D eigenvalue weighted by atomic mass is 9.90. The summed E-state index contributed by atoms with van der Waals surface area (Å²) in [5, 5.41) is 7.05. The predicted octanol–water partition coefficient (Wildman–Crippen LogP) is 1.31. The standard InChI is InChI=1S/C13H29N3/c1-5-13(2,3)11-15-7-6-12-10-14-8-9-16(12)4/h12,14-15H,5-11H2,1-4H3. The van der Waals surface area contributed by atoms with Crippen molar-refractivity contribution < 1.29 is 0 Å². The molecule has 3 heteroatoms. The van der Waals surface area contributed by atoms with E-state index in [1.165, 1.54) is 19.4 Å². The van der Waals surface area contributed by atoms with Crippen molar-refractivity contribution in [3.05, 3.63) is 0 Å². The Labute approximate surface area is 101 Å². The molecule has 0 aromatic carbocycles. The smallest absolute Gasteiger partial charge is 0.0230 e. The van der Waals surface area contributed by atoms with Gasteiger partial charge in [0.25, 0.3) is 0 Å². The lowest BCUT2D eigenvalue weighted by Gasteiger charge is -2.33. The second-order valence-corrected chi connectivity index (χ2v) is 5.82. The highest BCUT2D eigenvalue weighted by atomic mass is 15.2. The Bertz CT molecular complexity index is 192. The van der Waals surface area contributed by atoms with E-state index in [1.807, 2.05) is 0 Å². The molecule has 2 N–H and O–H groups in total. The van der Waals surface area contributed by atoms with E-state index < -0.39 is 0 Å². The minimum absolute atomic E-state index is 0.441. The van der Waals surface area contributed by atoms with E-state index >= 15 is 0 Å².